The maximum Gasteiger partial charge on any atom is 0.317 e. The van der Waals surface area contributed by atoms with E-state index >= 15 is 0 Å². The van der Waals surface area contributed by atoms with Gasteiger partial charge in [-0.15, -0.1) is 11.8 Å². The van der Waals surface area contributed by atoms with E-state index in [1.807, 2.05) is 32.2 Å². The first-order chi connectivity index (χ1) is 12.5. The Morgan fingerprint density at radius 1 is 1.19 bits per heavy atom. The summed E-state index contributed by atoms with van der Waals surface area (Å²) in [5.41, 5.74) is 2.46. The van der Waals surface area contributed by atoms with Crippen LogP contribution in [0.1, 0.15) is 47.4 Å². The van der Waals surface area contributed by atoms with Gasteiger partial charge in [0.15, 0.2) is 0 Å². The van der Waals surface area contributed by atoms with Crippen LogP contribution in [0.4, 0.5) is 0 Å². The van der Waals surface area contributed by atoms with Crippen LogP contribution >= 0.6 is 11.8 Å². The molecule has 1 saturated carbocycles. The van der Waals surface area contributed by atoms with Crippen molar-refractivity contribution in [1.29, 1.82) is 0 Å². The zero-order valence-corrected chi connectivity index (χ0v) is 16.2. The highest BCUT2D eigenvalue weighted by atomic mass is 32.2. The highest BCUT2D eigenvalue weighted by Crippen LogP contribution is 2.24. The molecule has 7 heteroatoms. The first kappa shape index (κ1) is 18.6. The van der Waals surface area contributed by atoms with E-state index in [0.717, 1.165) is 42.1 Å². The van der Waals surface area contributed by atoms with E-state index in [4.69, 9.17) is 4.74 Å². The molecule has 0 saturated heterocycles. The van der Waals surface area contributed by atoms with Crippen LogP contribution in [0.25, 0.3) is 0 Å². The first-order valence-corrected chi connectivity index (χ1v) is 10.1. The Kier molecular flexibility index (Phi) is 6.08. The van der Waals surface area contributed by atoms with Crippen LogP contribution in [0.15, 0.2) is 29.4 Å². The highest BCUT2D eigenvalue weighted by molar-refractivity contribution is 7.98. The lowest BCUT2D eigenvalue weighted by Gasteiger charge is -2.29. The van der Waals surface area contributed by atoms with Gasteiger partial charge in [-0.2, -0.15) is 0 Å². The second-order valence-electron chi connectivity index (χ2n) is 6.56. The largest absolute Gasteiger partial charge is 0.460 e. The Labute approximate surface area is 158 Å². The normalized spacial score (nSPS) is 19.8. The Hall–Kier alpha value is -2.15. The number of ether oxygens (including phenoxy) is 1. The first-order valence-electron chi connectivity index (χ1n) is 8.84. The third-order valence-electron chi connectivity index (χ3n) is 4.45. The molecule has 26 heavy (non-hydrogen) atoms. The van der Waals surface area contributed by atoms with Crippen molar-refractivity contribution >= 4 is 17.7 Å². The molecule has 0 aliphatic heterocycles. The topological polar surface area (TPSA) is 77.0 Å². The number of rotatable bonds is 5. The van der Waals surface area contributed by atoms with E-state index in [0.29, 0.717) is 11.6 Å². The standard InChI is InChI=1S/C19H24N4O2S/c1-12-11-13(2)22-19(21-12)25-15-8-6-14(7-9-15)23-17(24)16-5-4-10-20-18(16)26-3/h4-5,10-11,14-15H,6-9H2,1-3H3,(H,23,24). The van der Waals surface area contributed by atoms with E-state index in [9.17, 15) is 4.79 Å². The number of amides is 1. The van der Waals surface area contributed by atoms with Gasteiger partial charge in [0, 0.05) is 23.6 Å². The minimum absolute atomic E-state index is 0.0514. The zero-order valence-electron chi connectivity index (χ0n) is 15.4. The minimum atomic E-state index is -0.0514. The molecule has 0 unspecified atom stereocenters. The zero-order chi connectivity index (χ0) is 18.5. The SMILES string of the molecule is CSc1ncccc1C(=O)NC1CCC(Oc2nc(C)cc(C)n2)CC1. The summed E-state index contributed by atoms with van der Waals surface area (Å²) in [7, 11) is 0. The van der Waals surface area contributed by atoms with Crippen LogP contribution in [0.3, 0.4) is 0 Å². The summed E-state index contributed by atoms with van der Waals surface area (Å²) in [5, 5.41) is 3.89. The van der Waals surface area contributed by atoms with Crippen molar-refractivity contribution in [3.63, 3.8) is 0 Å². The smallest absolute Gasteiger partial charge is 0.317 e. The molecular weight excluding hydrogens is 348 g/mol. The Balaban J connectivity index is 1.53. The summed E-state index contributed by atoms with van der Waals surface area (Å²) in [6, 6.07) is 6.16. The summed E-state index contributed by atoms with van der Waals surface area (Å²) >= 11 is 1.48. The van der Waals surface area contributed by atoms with Crippen LogP contribution in [-0.2, 0) is 0 Å². The fraction of sp³-hybridized carbons (Fsp3) is 0.474. The van der Waals surface area contributed by atoms with Gasteiger partial charge in [0.1, 0.15) is 11.1 Å². The van der Waals surface area contributed by atoms with Crippen LogP contribution in [-0.4, -0.2) is 39.3 Å². The summed E-state index contributed by atoms with van der Waals surface area (Å²) in [6.07, 6.45) is 7.26. The van der Waals surface area contributed by atoms with Crippen molar-refractivity contribution in [3.8, 4) is 6.01 Å². The van der Waals surface area contributed by atoms with Gasteiger partial charge in [0.2, 0.25) is 0 Å². The molecular formula is C19H24N4O2S. The average Bonchev–Trinajstić information content (AvgIpc) is 2.62. The number of thioether (sulfide) groups is 1. The summed E-state index contributed by atoms with van der Waals surface area (Å²) < 4.78 is 5.94. The van der Waals surface area contributed by atoms with Gasteiger partial charge < -0.3 is 10.1 Å². The van der Waals surface area contributed by atoms with Crippen molar-refractivity contribution in [2.75, 3.05) is 6.26 Å². The molecule has 1 fully saturated rings. The number of hydrogen-bond donors (Lipinski definition) is 1. The third-order valence-corrected chi connectivity index (χ3v) is 5.16. The van der Waals surface area contributed by atoms with Gasteiger partial charge in [0.25, 0.3) is 5.91 Å². The molecule has 0 aromatic carbocycles. The van der Waals surface area contributed by atoms with Crippen LogP contribution < -0.4 is 10.1 Å². The number of hydrogen-bond acceptors (Lipinski definition) is 6. The predicted molar refractivity (Wildman–Crippen MR) is 102 cm³/mol. The number of aryl methyl sites for hydroxylation is 2. The second-order valence-corrected chi connectivity index (χ2v) is 7.35. The molecule has 0 bridgehead atoms. The lowest BCUT2D eigenvalue weighted by Crippen LogP contribution is -2.40. The van der Waals surface area contributed by atoms with Gasteiger partial charge in [-0.1, -0.05) is 0 Å². The molecule has 3 rings (SSSR count). The number of nitrogens with zero attached hydrogens (tertiary/aromatic N) is 3. The van der Waals surface area contributed by atoms with Crippen molar-refractivity contribution in [1.82, 2.24) is 20.3 Å². The van der Waals surface area contributed by atoms with Gasteiger partial charge in [-0.05, 0) is 64.0 Å². The Morgan fingerprint density at radius 2 is 1.88 bits per heavy atom. The summed E-state index contributed by atoms with van der Waals surface area (Å²) in [4.78, 5) is 25.5. The van der Waals surface area contributed by atoms with Crippen LogP contribution in [0, 0.1) is 13.8 Å². The molecule has 1 N–H and O–H groups in total. The van der Waals surface area contributed by atoms with E-state index in [1.165, 1.54) is 11.8 Å². The molecule has 2 aromatic heterocycles. The molecule has 138 valence electrons. The highest BCUT2D eigenvalue weighted by Gasteiger charge is 2.25. The van der Waals surface area contributed by atoms with Gasteiger partial charge in [-0.3, -0.25) is 4.79 Å². The average molecular weight is 372 g/mol. The quantitative estimate of drug-likeness (QED) is 0.811. The van der Waals surface area contributed by atoms with Crippen molar-refractivity contribution < 1.29 is 9.53 Å². The van der Waals surface area contributed by atoms with Crippen molar-refractivity contribution in [2.45, 2.75) is 56.7 Å². The third kappa shape index (κ3) is 4.72. The summed E-state index contributed by atoms with van der Waals surface area (Å²) in [5.74, 6) is -0.0514. The van der Waals surface area contributed by atoms with Gasteiger partial charge >= 0.3 is 6.01 Å². The van der Waals surface area contributed by atoms with Gasteiger partial charge in [-0.25, -0.2) is 15.0 Å². The number of nitrogens with one attached hydrogen (secondary N) is 1. The number of carbonyl (C=O) groups is 1. The van der Waals surface area contributed by atoms with Crippen molar-refractivity contribution in [2.24, 2.45) is 0 Å². The maximum atomic E-state index is 12.5. The number of carbonyl (C=O) groups excluding carboxylic acids is 1. The van der Waals surface area contributed by atoms with Gasteiger partial charge in [0.05, 0.1) is 5.56 Å². The second kappa shape index (κ2) is 8.49. The number of pyridine rings is 1. The molecule has 0 radical (unpaired) electrons. The molecule has 0 spiro atoms. The summed E-state index contributed by atoms with van der Waals surface area (Å²) in [6.45, 7) is 3.88. The van der Waals surface area contributed by atoms with E-state index in [1.54, 1.807) is 12.3 Å². The van der Waals surface area contributed by atoms with E-state index < -0.39 is 0 Å². The van der Waals surface area contributed by atoms with Crippen LogP contribution in [0.5, 0.6) is 6.01 Å². The van der Waals surface area contributed by atoms with Crippen LogP contribution in [0.2, 0.25) is 0 Å². The predicted octanol–water partition coefficient (Wildman–Crippen LogP) is 3.33. The maximum absolute atomic E-state index is 12.5. The molecule has 0 atom stereocenters. The molecule has 2 aromatic rings. The molecule has 1 amide bonds. The van der Waals surface area contributed by atoms with E-state index in [-0.39, 0.29) is 18.1 Å². The minimum Gasteiger partial charge on any atom is -0.460 e. The van der Waals surface area contributed by atoms with Crippen molar-refractivity contribution in [3.05, 3.63) is 41.3 Å². The Bertz CT molecular complexity index is 756. The molecule has 1 aliphatic rings. The van der Waals surface area contributed by atoms with E-state index in [2.05, 4.69) is 20.3 Å². The molecule has 2 heterocycles. The fourth-order valence-electron chi connectivity index (χ4n) is 3.21. The molecule has 1 aliphatic carbocycles. The Morgan fingerprint density at radius 3 is 2.54 bits per heavy atom. The fourth-order valence-corrected chi connectivity index (χ4v) is 3.76. The lowest BCUT2D eigenvalue weighted by molar-refractivity contribution is 0.0881. The molecule has 6 nitrogen and oxygen atoms in total. The monoisotopic (exact) mass is 372 g/mol. The number of aromatic nitrogens is 3. The lowest BCUT2D eigenvalue weighted by atomic mass is 9.93.